The Kier molecular flexibility index (Phi) is 6.03. The topological polar surface area (TPSA) is 66.5 Å². The molecule has 2 aromatic rings. The van der Waals surface area contributed by atoms with Gasteiger partial charge in [0.15, 0.2) is 0 Å². The number of benzene rings is 2. The number of carbonyl (C=O) groups is 1. The number of carbonyl (C=O) groups excluding carboxylic acids is 1. The van der Waals surface area contributed by atoms with Crippen LogP contribution >= 0.6 is 0 Å². The number of rotatable bonds is 6. The predicted molar refractivity (Wildman–Crippen MR) is 101 cm³/mol. The van der Waals surface area contributed by atoms with E-state index in [1.807, 2.05) is 30.3 Å². The van der Waals surface area contributed by atoms with Crippen molar-refractivity contribution in [2.45, 2.75) is 17.7 Å². The number of amides is 1. The van der Waals surface area contributed by atoms with Crippen LogP contribution in [0.4, 0.5) is 4.39 Å². The second-order valence-corrected chi connectivity index (χ2v) is 8.23. The van der Waals surface area contributed by atoms with Crippen LogP contribution in [-0.4, -0.2) is 38.3 Å². The van der Waals surface area contributed by atoms with Crippen molar-refractivity contribution in [3.05, 3.63) is 77.6 Å². The normalized spacial score (nSPS) is 15.2. The van der Waals surface area contributed by atoms with E-state index in [-0.39, 0.29) is 23.9 Å². The van der Waals surface area contributed by atoms with Crippen LogP contribution in [0.25, 0.3) is 0 Å². The van der Waals surface area contributed by atoms with Gasteiger partial charge in [0.25, 0.3) is 0 Å². The van der Waals surface area contributed by atoms with E-state index in [0.29, 0.717) is 18.5 Å². The van der Waals surface area contributed by atoms with Crippen LogP contribution in [-0.2, 0) is 21.2 Å². The lowest BCUT2D eigenvalue weighted by atomic mass is 10.1. The monoisotopic (exact) mass is 388 g/mol. The molecule has 0 saturated heterocycles. The number of halogens is 1. The zero-order valence-corrected chi connectivity index (χ0v) is 15.6. The molecule has 1 aliphatic rings. The molecular formula is C20H21FN2O3S. The smallest absolute Gasteiger partial charge is 0.246 e. The number of nitrogens with zero attached hydrogens (tertiary/aromatic N) is 1. The van der Waals surface area contributed by atoms with Crippen LogP contribution in [0.15, 0.2) is 71.1 Å². The van der Waals surface area contributed by atoms with Crippen molar-refractivity contribution in [1.82, 2.24) is 9.62 Å². The highest BCUT2D eigenvalue weighted by Gasteiger charge is 2.27. The molecule has 142 valence electrons. The third-order valence-corrected chi connectivity index (χ3v) is 6.34. The Morgan fingerprint density at radius 1 is 1.07 bits per heavy atom. The van der Waals surface area contributed by atoms with Crippen LogP contribution in [0, 0.1) is 5.82 Å². The van der Waals surface area contributed by atoms with Gasteiger partial charge in [-0.25, -0.2) is 12.8 Å². The number of hydrogen-bond acceptors (Lipinski definition) is 3. The summed E-state index contributed by atoms with van der Waals surface area (Å²) in [6.07, 6.45) is 2.73. The molecule has 0 aliphatic carbocycles. The minimum Gasteiger partial charge on any atom is -0.352 e. The van der Waals surface area contributed by atoms with E-state index in [2.05, 4.69) is 5.32 Å². The zero-order chi connectivity index (χ0) is 19.3. The van der Waals surface area contributed by atoms with Gasteiger partial charge in [0.1, 0.15) is 5.82 Å². The van der Waals surface area contributed by atoms with Gasteiger partial charge in [-0.3, -0.25) is 4.79 Å². The first-order valence-corrected chi connectivity index (χ1v) is 10.2. The Morgan fingerprint density at radius 2 is 1.78 bits per heavy atom. The molecule has 3 rings (SSSR count). The standard InChI is InChI=1S/C20H21FN2O3S/c21-18-6-8-19(9-7-18)27(25,26)23-14-11-17(12-15-23)20(24)22-13-10-16-4-2-1-3-5-16/h1-9,11H,10,12-15H2,(H,22,24). The van der Waals surface area contributed by atoms with Crippen LogP contribution < -0.4 is 5.32 Å². The van der Waals surface area contributed by atoms with Gasteiger partial charge in [-0.15, -0.1) is 0 Å². The Bertz CT molecular complexity index is 925. The van der Waals surface area contributed by atoms with Gasteiger partial charge in [0.2, 0.25) is 15.9 Å². The minimum absolute atomic E-state index is 0.0491. The van der Waals surface area contributed by atoms with Crippen molar-refractivity contribution in [3.8, 4) is 0 Å². The van der Waals surface area contributed by atoms with Gasteiger partial charge in [-0.1, -0.05) is 36.4 Å². The molecule has 2 aromatic carbocycles. The average Bonchev–Trinajstić information content (AvgIpc) is 2.69. The zero-order valence-electron chi connectivity index (χ0n) is 14.8. The Balaban J connectivity index is 1.56. The highest BCUT2D eigenvalue weighted by Crippen LogP contribution is 2.20. The molecule has 1 amide bonds. The minimum atomic E-state index is -3.69. The van der Waals surface area contributed by atoms with Gasteiger partial charge < -0.3 is 5.32 Å². The van der Waals surface area contributed by atoms with Crippen molar-refractivity contribution in [2.24, 2.45) is 0 Å². The molecule has 0 aromatic heterocycles. The molecule has 1 N–H and O–H groups in total. The summed E-state index contributed by atoms with van der Waals surface area (Å²) in [5, 5.41) is 2.88. The van der Waals surface area contributed by atoms with Crippen molar-refractivity contribution < 1.29 is 17.6 Å². The molecule has 0 atom stereocenters. The Labute approximate surface area is 158 Å². The first kappa shape index (κ1) is 19.3. The molecule has 0 spiro atoms. The van der Waals surface area contributed by atoms with Crippen molar-refractivity contribution >= 4 is 15.9 Å². The van der Waals surface area contributed by atoms with Crippen molar-refractivity contribution in [2.75, 3.05) is 19.6 Å². The quantitative estimate of drug-likeness (QED) is 0.827. The third kappa shape index (κ3) is 4.81. The third-order valence-electron chi connectivity index (χ3n) is 4.46. The lowest BCUT2D eigenvalue weighted by molar-refractivity contribution is -0.117. The summed E-state index contributed by atoms with van der Waals surface area (Å²) in [6.45, 7) is 0.872. The molecule has 0 bridgehead atoms. The largest absolute Gasteiger partial charge is 0.352 e. The first-order chi connectivity index (χ1) is 13.0. The highest BCUT2D eigenvalue weighted by atomic mass is 32.2. The van der Waals surface area contributed by atoms with Gasteiger partial charge >= 0.3 is 0 Å². The maximum atomic E-state index is 13.0. The van der Waals surface area contributed by atoms with E-state index in [0.717, 1.165) is 24.1 Å². The SMILES string of the molecule is O=C(NCCc1ccccc1)C1=CCN(S(=O)(=O)c2ccc(F)cc2)CC1. The molecule has 27 heavy (non-hydrogen) atoms. The van der Waals surface area contributed by atoms with E-state index in [9.17, 15) is 17.6 Å². The van der Waals surface area contributed by atoms with E-state index in [4.69, 9.17) is 0 Å². The summed E-state index contributed by atoms with van der Waals surface area (Å²) in [6, 6.07) is 14.6. The Hall–Kier alpha value is -2.51. The van der Waals surface area contributed by atoms with Gasteiger partial charge in [-0.2, -0.15) is 4.31 Å². The molecule has 1 heterocycles. The fourth-order valence-corrected chi connectivity index (χ4v) is 4.29. The fraction of sp³-hybridized carbons (Fsp3) is 0.250. The summed E-state index contributed by atoms with van der Waals surface area (Å²) in [7, 11) is -3.69. The summed E-state index contributed by atoms with van der Waals surface area (Å²) in [5.74, 6) is -0.647. The fourth-order valence-electron chi connectivity index (χ4n) is 2.91. The Morgan fingerprint density at radius 3 is 2.41 bits per heavy atom. The molecule has 5 nitrogen and oxygen atoms in total. The van der Waals surface area contributed by atoms with Crippen LogP contribution in [0.2, 0.25) is 0 Å². The maximum absolute atomic E-state index is 13.0. The molecular weight excluding hydrogens is 367 g/mol. The molecule has 0 unspecified atom stereocenters. The van der Waals surface area contributed by atoms with Gasteiger partial charge in [0, 0.05) is 25.2 Å². The molecule has 0 fully saturated rings. The van der Waals surface area contributed by atoms with E-state index < -0.39 is 15.8 Å². The molecule has 7 heteroatoms. The van der Waals surface area contributed by atoms with Gasteiger partial charge in [0.05, 0.1) is 4.90 Å². The summed E-state index contributed by atoms with van der Waals surface area (Å²) in [4.78, 5) is 12.3. The number of hydrogen-bond donors (Lipinski definition) is 1. The van der Waals surface area contributed by atoms with Crippen molar-refractivity contribution in [3.63, 3.8) is 0 Å². The van der Waals surface area contributed by atoms with Crippen LogP contribution in [0.1, 0.15) is 12.0 Å². The van der Waals surface area contributed by atoms with Gasteiger partial charge in [-0.05, 0) is 42.7 Å². The summed E-state index contributed by atoms with van der Waals surface area (Å²) < 4.78 is 39.5. The van der Waals surface area contributed by atoms with Crippen LogP contribution in [0.3, 0.4) is 0 Å². The second kappa shape index (κ2) is 8.45. The lowest BCUT2D eigenvalue weighted by Crippen LogP contribution is -2.37. The lowest BCUT2D eigenvalue weighted by Gasteiger charge is -2.25. The molecule has 0 radical (unpaired) electrons. The van der Waals surface area contributed by atoms with E-state index >= 15 is 0 Å². The second-order valence-electron chi connectivity index (χ2n) is 6.29. The predicted octanol–water partition coefficient (Wildman–Crippen LogP) is 2.51. The molecule has 0 saturated carbocycles. The molecule has 1 aliphatic heterocycles. The summed E-state index contributed by atoms with van der Waals surface area (Å²) >= 11 is 0. The van der Waals surface area contributed by atoms with E-state index in [1.165, 1.54) is 16.4 Å². The highest BCUT2D eigenvalue weighted by molar-refractivity contribution is 7.89. The van der Waals surface area contributed by atoms with Crippen molar-refractivity contribution in [1.29, 1.82) is 0 Å². The van der Waals surface area contributed by atoms with Crippen LogP contribution in [0.5, 0.6) is 0 Å². The average molecular weight is 388 g/mol. The maximum Gasteiger partial charge on any atom is 0.246 e. The number of nitrogens with one attached hydrogen (secondary N) is 1. The van der Waals surface area contributed by atoms with E-state index in [1.54, 1.807) is 6.08 Å². The summed E-state index contributed by atoms with van der Waals surface area (Å²) in [5.41, 5.74) is 1.74. The number of sulfonamides is 1. The first-order valence-electron chi connectivity index (χ1n) is 8.74.